The van der Waals surface area contributed by atoms with Crippen LogP contribution in [-0.4, -0.2) is 12.3 Å². The summed E-state index contributed by atoms with van der Waals surface area (Å²) in [5, 5.41) is 0. The van der Waals surface area contributed by atoms with Crippen LogP contribution in [0.1, 0.15) is 39.0 Å². The lowest BCUT2D eigenvalue weighted by molar-refractivity contribution is -0.118. The zero-order valence-electron chi connectivity index (χ0n) is 6.73. The standard InChI is InChI=1S/C8H17NO/c1-2-8(10)6-4-3-5-7-9/h2-7,9H2,1H3. The largest absolute Gasteiger partial charge is 0.330 e. The third-order valence-electron chi connectivity index (χ3n) is 1.55. The number of hydrogen-bond acceptors (Lipinski definition) is 2. The van der Waals surface area contributed by atoms with Crippen molar-refractivity contribution in [1.29, 1.82) is 0 Å². The van der Waals surface area contributed by atoms with Gasteiger partial charge in [0.05, 0.1) is 0 Å². The molecule has 0 rings (SSSR count). The van der Waals surface area contributed by atoms with Crippen molar-refractivity contribution < 1.29 is 4.79 Å². The first-order valence-corrected chi connectivity index (χ1v) is 4.03. The highest BCUT2D eigenvalue weighted by atomic mass is 16.1. The van der Waals surface area contributed by atoms with Gasteiger partial charge >= 0.3 is 0 Å². The summed E-state index contributed by atoms with van der Waals surface area (Å²) >= 11 is 0. The molecule has 0 aliphatic carbocycles. The van der Waals surface area contributed by atoms with Gasteiger partial charge in [-0.2, -0.15) is 0 Å². The van der Waals surface area contributed by atoms with Crippen LogP contribution in [0.3, 0.4) is 0 Å². The van der Waals surface area contributed by atoms with E-state index in [4.69, 9.17) is 5.73 Å². The summed E-state index contributed by atoms with van der Waals surface area (Å²) in [6, 6.07) is 0. The lowest BCUT2D eigenvalue weighted by atomic mass is 10.1. The number of rotatable bonds is 6. The fraction of sp³-hybridized carbons (Fsp3) is 0.875. The predicted molar refractivity (Wildman–Crippen MR) is 42.8 cm³/mol. The molecule has 0 spiro atoms. The molecule has 0 aromatic heterocycles. The average Bonchev–Trinajstić information content (AvgIpc) is 1.98. The van der Waals surface area contributed by atoms with Crippen LogP contribution in [0.2, 0.25) is 0 Å². The van der Waals surface area contributed by atoms with Crippen LogP contribution in [0.4, 0.5) is 0 Å². The molecule has 0 radical (unpaired) electrons. The molecule has 0 unspecified atom stereocenters. The molecule has 0 heterocycles. The number of ketones is 1. The van der Waals surface area contributed by atoms with E-state index in [1.807, 2.05) is 6.92 Å². The lowest BCUT2D eigenvalue weighted by Crippen LogP contribution is -1.99. The van der Waals surface area contributed by atoms with E-state index in [1.54, 1.807) is 0 Å². The molecule has 0 fully saturated rings. The Hall–Kier alpha value is -0.370. The van der Waals surface area contributed by atoms with Crippen molar-refractivity contribution in [1.82, 2.24) is 0 Å². The van der Waals surface area contributed by atoms with Crippen molar-refractivity contribution >= 4 is 5.78 Å². The Morgan fingerprint density at radius 2 is 2.00 bits per heavy atom. The minimum Gasteiger partial charge on any atom is -0.330 e. The molecule has 10 heavy (non-hydrogen) atoms. The Kier molecular flexibility index (Phi) is 6.50. The minimum absolute atomic E-state index is 0.372. The molecule has 0 saturated heterocycles. The van der Waals surface area contributed by atoms with Gasteiger partial charge in [0.15, 0.2) is 0 Å². The summed E-state index contributed by atoms with van der Waals surface area (Å²) in [5.41, 5.74) is 5.29. The van der Waals surface area contributed by atoms with Crippen molar-refractivity contribution in [2.24, 2.45) is 5.73 Å². The van der Waals surface area contributed by atoms with Crippen LogP contribution in [0.15, 0.2) is 0 Å². The summed E-state index contributed by atoms with van der Waals surface area (Å²) in [4.78, 5) is 10.7. The summed E-state index contributed by atoms with van der Waals surface area (Å²) in [5.74, 6) is 0.372. The molecule has 0 amide bonds. The molecular formula is C8H17NO. The molecule has 0 aromatic rings. The molecule has 2 heteroatoms. The lowest BCUT2D eigenvalue weighted by Gasteiger charge is -1.96. The van der Waals surface area contributed by atoms with Crippen LogP contribution in [0.5, 0.6) is 0 Å². The predicted octanol–water partition coefficient (Wildman–Crippen LogP) is 1.48. The van der Waals surface area contributed by atoms with Gasteiger partial charge in [-0.15, -0.1) is 0 Å². The van der Waals surface area contributed by atoms with E-state index in [0.29, 0.717) is 12.2 Å². The van der Waals surface area contributed by atoms with E-state index in [-0.39, 0.29) is 0 Å². The van der Waals surface area contributed by atoms with E-state index < -0.39 is 0 Å². The zero-order valence-corrected chi connectivity index (χ0v) is 6.73. The number of hydrogen-bond donors (Lipinski definition) is 1. The fourth-order valence-electron chi connectivity index (χ4n) is 0.820. The van der Waals surface area contributed by atoms with Crippen LogP contribution in [0, 0.1) is 0 Å². The van der Waals surface area contributed by atoms with E-state index in [0.717, 1.165) is 32.2 Å². The smallest absolute Gasteiger partial charge is 0.132 e. The number of carbonyl (C=O) groups is 1. The third-order valence-corrected chi connectivity index (χ3v) is 1.55. The maximum atomic E-state index is 10.7. The van der Waals surface area contributed by atoms with Crippen molar-refractivity contribution in [3.8, 4) is 0 Å². The second-order valence-electron chi connectivity index (χ2n) is 2.49. The molecule has 2 nitrogen and oxygen atoms in total. The first-order chi connectivity index (χ1) is 4.81. The Morgan fingerprint density at radius 1 is 1.30 bits per heavy atom. The normalized spacial score (nSPS) is 9.80. The van der Waals surface area contributed by atoms with Crippen molar-refractivity contribution in [2.45, 2.75) is 39.0 Å². The molecule has 0 saturated carbocycles. The molecule has 0 aromatic carbocycles. The number of nitrogens with two attached hydrogens (primary N) is 1. The van der Waals surface area contributed by atoms with Crippen LogP contribution < -0.4 is 5.73 Å². The Bertz CT molecular complexity index is 91.3. The highest BCUT2D eigenvalue weighted by Crippen LogP contribution is 2.00. The number of unbranched alkanes of at least 4 members (excludes halogenated alkanes) is 2. The van der Waals surface area contributed by atoms with E-state index >= 15 is 0 Å². The quantitative estimate of drug-likeness (QED) is 0.572. The summed E-state index contributed by atoms with van der Waals surface area (Å²) in [6.07, 6.45) is 4.60. The van der Waals surface area contributed by atoms with Gasteiger partial charge in [-0.05, 0) is 19.4 Å². The van der Waals surface area contributed by atoms with Gasteiger partial charge in [-0.25, -0.2) is 0 Å². The van der Waals surface area contributed by atoms with Gasteiger partial charge in [0.25, 0.3) is 0 Å². The van der Waals surface area contributed by atoms with E-state index in [2.05, 4.69) is 0 Å². The Balaban J connectivity index is 2.96. The maximum absolute atomic E-state index is 10.7. The second-order valence-corrected chi connectivity index (χ2v) is 2.49. The van der Waals surface area contributed by atoms with E-state index in [9.17, 15) is 4.79 Å². The summed E-state index contributed by atoms with van der Waals surface area (Å²) in [6.45, 7) is 2.66. The van der Waals surface area contributed by atoms with Gasteiger partial charge in [-0.1, -0.05) is 13.3 Å². The van der Waals surface area contributed by atoms with Gasteiger partial charge in [0.2, 0.25) is 0 Å². The van der Waals surface area contributed by atoms with Crippen molar-refractivity contribution in [3.05, 3.63) is 0 Å². The molecule has 0 atom stereocenters. The Labute approximate surface area is 62.8 Å². The highest BCUT2D eigenvalue weighted by molar-refractivity contribution is 5.77. The molecule has 2 N–H and O–H groups in total. The maximum Gasteiger partial charge on any atom is 0.132 e. The number of Topliss-reactive ketones (excluding diaryl/α,β-unsaturated/α-hetero) is 1. The van der Waals surface area contributed by atoms with Gasteiger partial charge in [-0.3, -0.25) is 4.79 Å². The molecule has 60 valence electrons. The van der Waals surface area contributed by atoms with Crippen molar-refractivity contribution in [2.75, 3.05) is 6.54 Å². The minimum atomic E-state index is 0.372. The summed E-state index contributed by atoms with van der Waals surface area (Å²) < 4.78 is 0. The molecule has 0 bridgehead atoms. The topological polar surface area (TPSA) is 43.1 Å². The number of carbonyl (C=O) groups excluding carboxylic acids is 1. The van der Waals surface area contributed by atoms with Gasteiger partial charge in [0, 0.05) is 12.8 Å². The van der Waals surface area contributed by atoms with Crippen molar-refractivity contribution in [3.63, 3.8) is 0 Å². The second kappa shape index (κ2) is 6.75. The monoisotopic (exact) mass is 143 g/mol. The molecular weight excluding hydrogens is 126 g/mol. The zero-order chi connectivity index (χ0) is 7.82. The summed E-state index contributed by atoms with van der Waals surface area (Å²) in [7, 11) is 0. The van der Waals surface area contributed by atoms with Crippen LogP contribution in [0.25, 0.3) is 0 Å². The van der Waals surface area contributed by atoms with Crippen LogP contribution >= 0.6 is 0 Å². The fourth-order valence-corrected chi connectivity index (χ4v) is 0.820. The third kappa shape index (κ3) is 5.76. The van der Waals surface area contributed by atoms with Gasteiger partial charge < -0.3 is 5.73 Å². The van der Waals surface area contributed by atoms with Crippen LogP contribution in [-0.2, 0) is 4.79 Å². The van der Waals surface area contributed by atoms with E-state index in [1.165, 1.54) is 0 Å². The molecule has 0 aliphatic heterocycles. The Morgan fingerprint density at radius 3 is 2.50 bits per heavy atom. The first-order valence-electron chi connectivity index (χ1n) is 4.03. The highest BCUT2D eigenvalue weighted by Gasteiger charge is 1.95. The first kappa shape index (κ1) is 9.63. The SMILES string of the molecule is CCC(=O)CCCCCN. The van der Waals surface area contributed by atoms with Gasteiger partial charge in [0.1, 0.15) is 5.78 Å². The average molecular weight is 143 g/mol. The molecule has 0 aliphatic rings.